The van der Waals surface area contributed by atoms with Crippen LogP contribution in [0.4, 0.5) is 4.79 Å². The number of piperazine rings is 1. The molecule has 1 aromatic heterocycles. The number of rotatable bonds is 3. The third kappa shape index (κ3) is 3.86. The largest absolute Gasteiger partial charge is 0.419 e. The molecule has 2 aliphatic rings. The highest BCUT2D eigenvalue weighted by atomic mass is 16.5. The highest BCUT2D eigenvalue weighted by molar-refractivity contribution is 5.74. The number of carbonyl (C=O) groups excluding carboxylic acids is 1. The molecule has 0 N–H and O–H groups in total. The SMILES string of the molecule is O=C(N1CCOCC1)N1CCN(Cc2nnc(-c3ccccc3)o2)CC1. The number of hydrogen-bond acceptors (Lipinski definition) is 6. The van der Waals surface area contributed by atoms with Gasteiger partial charge in [0, 0.05) is 44.8 Å². The van der Waals surface area contributed by atoms with E-state index in [1.54, 1.807) is 0 Å². The zero-order valence-electron chi connectivity index (χ0n) is 14.7. The molecule has 0 saturated carbocycles. The van der Waals surface area contributed by atoms with Gasteiger partial charge < -0.3 is 19.0 Å². The second-order valence-corrected chi connectivity index (χ2v) is 6.51. The van der Waals surface area contributed by atoms with Crippen LogP contribution in [-0.2, 0) is 11.3 Å². The maximum Gasteiger partial charge on any atom is 0.320 e. The predicted molar refractivity (Wildman–Crippen MR) is 94.4 cm³/mol. The van der Waals surface area contributed by atoms with Crippen LogP contribution in [0.3, 0.4) is 0 Å². The van der Waals surface area contributed by atoms with E-state index in [1.165, 1.54) is 0 Å². The van der Waals surface area contributed by atoms with E-state index in [2.05, 4.69) is 15.1 Å². The minimum atomic E-state index is 0.122. The minimum absolute atomic E-state index is 0.122. The molecule has 0 unspecified atom stereocenters. The van der Waals surface area contributed by atoms with E-state index in [1.807, 2.05) is 40.1 Å². The summed E-state index contributed by atoms with van der Waals surface area (Å²) in [4.78, 5) is 18.6. The Kier molecular flexibility index (Phi) is 5.12. The van der Waals surface area contributed by atoms with Crippen LogP contribution in [-0.4, -0.2) is 83.4 Å². The fourth-order valence-electron chi connectivity index (χ4n) is 3.26. The van der Waals surface area contributed by atoms with Gasteiger partial charge in [-0.1, -0.05) is 18.2 Å². The number of aromatic nitrogens is 2. The Hall–Kier alpha value is -2.45. The van der Waals surface area contributed by atoms with Gasteiger partial charge >= 0.3 is 6.03 Å². The molecule has 0 aliphatic carbocycles. The van der Waals surface area contributed by atoms with Gasteiger partial charge in [-0.25, -0.2) is 4.79 Å². The lowest BCUT2D eigenvalue weighted by Gasteiger charge is -2.38. The van der Waals surface area contributed by atoms with Crippen LogP contribution in [0.2, 0.25) is 0 Å². The Morgan fingerprint density at radius 3 is 2.35 bits per heavy atom. The summed E-state index contributed by atoms with van der Waals surface area (Å²) in [7, 11) is 0. The van der Waals surface area contributed by atoms with Crippen LogP contribution in [0.15, 0.2) is 34.7 Å². The van der Waals surface area contributed by atoms with Crippen molar-refractivity contribution in [1.29, 1.82) is 0 Å². The molecule has 0 bridgehead atoms. The van der Waals surface area contributed by atoms with Crippen molar-refractivity contribution in [1.82, 2.24) is 24.9 Å². The van der Waals surface area contributed by atoms with E-state index in [0.717, 1.165) is 31.7 Å². The molecule has 138 valence electrons. The van der Waals surface area contributed by atoms with Crippen LogP contribution in [0.5, 0.6) is 0 Å². The quantitative estimate of drug-likeness (QED) is 0.824. The molecule has 4 rings (SSSR count). The number of amides is 2. The van der Waals surface area contributed by atoms with Gasteiger partial charge in [0.1, 0.15) is 0 Å². The van der Waals surface area contributed by atoms with Crippen LogP contribution in [0.25, 0.3) is 11.5 Å². The lowest BCUT2D eigenvalue weighted by atomic mass is 10.2. The van der Waals surface area contributed by atoms with Gasteiger partial charge in [-0.2, -0.15) is 0 Å². The summed E-state index contributed by atoms with van der Waals surface area (Å²) in [6, 6.07) is 9.88. The third-order valence-electron chi connectivity index (χ3n) is 4.77. The lowest BCUT2D eigenvalue weighted by molar-refractivity contribution is 0.0368. The van der Waals surface area contributed by atoms with Crippen molar-refractivity contribution < 1.29 is 13.9 Å². The van der Waals surface area contributed by atoms with Gasteiger partial charge in [0.05, 0.1) is 19.8 Å². The first-order chi connectivity index (χ1) is 12.8. The van der Waals surface area contributed by atoms with Crippen LogP contribution >= 0.6 is 0 Å². The first-order valence-corrected chi connectivity index (χ1v) is 9.01. The van der Waals surface area contributed by atoms with Gasteiger partial charge in [-0.3, -0.25) is 4.90 Å². The van der Waals surface area contributed by atoms with E-state index in [-0.39, 0.29) is 6.03 Å². The molecule has 2 aliphatic heterocycles. The maximum atomic E-state index is 12.5. The second-order valence-electron chi connectivity index (χ2n) is 6.51. The monoisotopic (exact) mass is 357 g/mol. The van der Waals surface area contributed by atoms with Crippen molar-refractivity contribution in [2.24, 2.45) is 0 Å². The Labute approximate surface area is 152 Å². The van der Waals surface area contributed by atoms with Crippen molar-refractivity contribution >= 4 is 6.03 Å². The number of urea groups is 1. The number of benzene rings is 1. The molecular formula is C18H23N5O3. The van der Waals surface area contributed by atoms with Crippen LogP contribution in [0.1, 0.15) is 5.89 Å². The molecule has 2 amide bonds. The number of carbonyl (C=O) groups is 1. The number of nitrogens with zero attached hydrogens (tertiary/aromatic N) is 5. The lowest BCUT2D eigenvalue weighted by Crippen LogP contribution is -2.54. The average molecular weight is 357 g/mol. The topological polar surface area (TPSA) is 74.9 Å². The first kappa shape index (κ1) is 17.0. The van der Waals surface area contributed by atoms with Crippen molar-refractivity contribution in [2.75, 3.05) is 52.5 Å². The number of ether oxygens (including phenoxy) is 1. The molecule has 0 radical (unpaired) electrons. The van der Waals surface area contributed by atoms with Gasteiger partial charge in [0.25, 0.3) is 0 Å². The van der Waals surface area contributed by atoms with E-state index >= 15 is 0 Å². The Bertz CT molecular complexity index is 721. The molecule has 3 heterocycles. The van der Waals surface area contributed by atoms with E-state index in [9.17, 15) is 4.79 Å². The minimum Gasteiger partial charge on any atom is -0.419 e. The molecule has 2 fully saturated rings. The Balaban J connectivity index is 1.29. The normalized spacial score (nSPS) is 18.9. The highest BCUT2D eigenvalue weighted by Crippen LogP contribution is 2.18. The van der Waals surface area contributed by atoms with Gasteiger partial charge in [-0.05, 0) is 12.1 Å². The maximum absolute atomic E-state index is 12.5. The standard InChI is InChI=1S/C18H23N5O3/c24-18(23-10-12-25-13-11-23)22-8-6-21(7-9-22)14-16-19-20-17(26-16)15-4-2-1-3-5-15/h1-5H,6-14H2. The average Bonchev–Trinajstić information content (AvgIpc) is 3.18. The predicted octanol–water partition coefficient (Wildman–Crippen LogP) is 1.31. The fraction of sp³-hybridized carbons (Fsp3) is 0.500. The van der Waals surface area contributed by atoms with Crippen molar-refractivity contribution in [3.05, 3.63) is 36.2 Å². The third-order valence-corrected chi connectivity index (χ3v) is 4.77. The van der Waals surface area contributed by atoms with Crippen LogP contribution in [0, 0.1) is 0 Å². The van der Waals surface area contributed by atoms with Gasteiger partial charge in [0.15, 0.2) is 0 Å². The fourth-order valence-corrected chi connectivity index (χ4v) is 3.26. The van der Waals surface area contributed by atoms with Gasteiger partial charge in [0.2, 0.25) is 11.8 Å². The Morgan fingerprint density at radius 1 is 0.923 bits per heavy atom. The van der Waals surface area contributed by atoms with Crippen molar-refractivity contribution in [3.8, 4) is 11.5 Å². The molecule has 0 spiro atoms. The summed E-state index contributed by atoms with van der Waals surface area (Å²) in [6.45, 7) is 6.29. The first-order valence-electron chi connectivity index (χ1n) is 9.01. The van der Waals surface area contributed by atoms with E-state index in [4.69, 9.17) is 9.15 Å². The molecule has 8 nitrogen and oxygen atoms in total. The second kappa shape index (κ2) is 7.84. The smallest absolute Gasteiger partial charge is 0.320 e. The molecule has 2 aromatic rings. The molecular weight excluding hydrogens is 334 g/mol. The molecule has 2 saturated heterocycles. The van der Waals surface area contributed by atoms with Gasteiger partial charge in [-0.15, -0.1) is 10.2 Å². The summed E-state index contributed by atoms with van der Waals surface area (Å²) in [5.41, 5.74) is 0.923. The summed E-state index contributed by atoms with van der Waals surface area (Å²) in [5.74, 6) is 1.15. The number of hydrogen-bond donors (Lipinski definition) is 0. The molecule has 8 heteroatoms. The zero-order valence-corrected chi connectivity index (χ0v) is 14.7. The summed E-state index contributed by atoms with van der Waals surface area (Å²) in [6.07, 6.45) is 0. The highest BCUT2D eigenvalue weighted by Gasteiger charge is 2.27. The molecule has 26 heavy (non-hydrogen) atoms. The van der Waals surface area contributed by atoms with Crippen molar-refractivity contribution in [3.63, 3.8) is 0 Å². The summed E-state index contributed by atoms with van der Waals surface area (Å²) >= 11 is 0. The van der Waals surface area contributed by atoms with Crippen LogP contribution < -0.4 is 0 Å². The van der Waals surface area contributed by atoms with Crippen molar-refractivity contribution in [2.45, 2.75) is 6.54 Å². The molecule has 1 aromatic carbocycles. The molecule has 0 atom stereocenters. The zero-order chi connectivity index (χ0) is 17.8. The van der Waals surface area contributed by atoms with E-state index in [0.29, 0.717) is 44.6 Å². The summed E-state index contributed by atoms with van der Waals surface area (Å²) in [5, 5.41) is 8.28. The Morgan fingerprint density at radius 2 is 1.62 bits per heavy atom. The van der Waals surface area contributed by atoms with E-state index < -0.39 is 0 Å². The number of morpholine rings is 1. The summed E-state index contributed by atoms with van der Waals surface area (Å²) < 4.78 is 11.1.